The maximum Gasteiger partial charge on any atom is 0.0446 e. The highest BCUT2D eigenvalue weighted by Crippen LogP contribution is 2.45. The van der Waals surface area contributed by atoms with Crippen LogP contribution in [0.4, 0.5) is 0 Å². The number of hydrogen-bond donors (Lipinski definition) is 1. The van der Waals surface area contributed by atoms with Crippen LogP contribution in [0.3, 0.4) is 0 Å². The summed E-state index contributed by atoms with van der Waals surface area (Å²) in [6.45, 7) is 4.66. The molecule has 4 atom stereocenters. The quantitative estimate of drug-likeness (QED) is 0.812. The highest BCUT2D eigenvalue weighted by molar-refractivity contribution is 8.00. The molecule has 1 aromatic carbocycles. The van der Waals surface area contributed by atoms with Crippen molar-refractivity contribution in [2.75, 3.05) is 5.75 Å². The van der Waals surface area contributed by atoms with Crippen molar-refractivity contribution < 1.29 is 0 Å². The first-order valence-corrected chi connectivity index (χ1v) is 7.81. The van der Waals surface area contributed by atoms with E-state index in [4.69, 9.17) is 0 Å². The molecule has 92 valence electrons. The summed E-state index contributed by atoms with van der Waals surface area (Å²) in [6, 6.07) is 10.3. The molecule has 0 saturated carbocycles. The third-order valence-corrected chi connectivity index (χ3v) is 5.73. The van der Waals surface area contributed by atoms with Crippen molar-refractivity contribution in [3.05, 3.63) is 35.4 Å². The topological polar surface area (TPSA) is 12.0 Å². The normalized spacial score (nSPS) is 36.1. The van der Waals surface area contributed by atoms with Gasteiger partial charge in [0.2, 0.25) is 0 Å². The molecule has 17 heavy (non-hydrogen) atoms. The lowest BCUT2D eigenvalue weighted by Gasteiger charge is -2.43. The Bertz CT molecular complexity index is 404. The predicted molar refractivity (Wildman–Crippen MR) is 75.7 cm³/mol. The van der Waals surface area contributed by atoms with Crippen LogP contribution in [0.5, 0.6) is 0 Å². The van der Waals surface area contributed by atoms with Crippen molar-refractivity contribution in [1.29, 1.82) is 0 Å². The Morgan fingerprint density at radius 2 is 2.06 bits per heavy atom. The zero-order valence-corrected chi connectivity index (χ0v) is 11.5. The van der Waals surface area contributed by atoms with Crippen molar-refractivity contribution >= 4 is 11.8 Å². The minimum absolute atomic E-state index is 0.589. The molecule has 0 aromatic heterocycles. The van der Waals surface area contributed by atoms with Gasteiger partial charge in [0, 0.05) is 23.1 Å². The van der Waals surface area contributed by atoms with E-state index in [1.807, 2.05) is 0 Å². The van der Waals surface area contributed by atoms with Crippen LogP contribution in [0.25, 0.3) is 0 Å². The van der Waals surface area contributed by atoms with E-state index < -0.39 is 0 Å². The zero-order valence-electron chi connectivity index (χ0n) is 10.6. The van der Waals surface area contributed by atoms with Crippen LogP contribution < -0.4 is 5.32 Å². The molecule has 0 bridgehead atoms. The van der Waals surface area contributed by atoms with Gasteiger partial charge in [-0.1, -0.05) is 38.1 Å². The number of nitrogens with one attached hydrogen (secondary N) is 1. The molecule has 1 nitrogen and oxygen atoms in total. The Kier molecular flexibility index (Phi) is 3.18. The fourth-order valence-electron chi connectivity index (χ4n) is 3.19. The van der Waals surface area contributed by atoms with Crippen molar-refractivity contribution in [3.8, 4) is 0 Å². The molecule has 0 amide bonds. The molecule has 0 spiro atoms. The SMILES string of the molecule is CCC1CSC2CC(C)c3ccccc3C2N1. The fourth-order valence-corrected chi connectivity index (χ4v) is 4.85. The van der Waals surface area contributed by atoms with Gasteiger partial charge >= 0.3 is 0 Å². The van der Waals surface area contributed by atoms with Crippen LogP contribution in [-0.4, -0.2) is 17.0 Å². The van der Waals surface area contributed by atoms with Gasteiger partial charge in [-0.15, -0.1) is 0 Å². The zero-order chi connectivity index (χ0) is 11.8. The van der Waals surface area contributed by atoms with Crippen LogP contribution in [-0.2, 0) is 0 Å². The molecule has 2 aliphatic rings. The van der Waals surface area contributed by atoms with Crippen LogP contribution in [0.15, 0.2) is 24.3 Å². The number of thioether (sulfide) groups is 1. The molecule has 1 heterocycles. The summed E-state index contributed by atoms with van der Waals surface area (Å²) in [6.07, 6.45) is 2.57. The molecule has 1 N–H and O–H groups in total. The van der Waals surface area contributed by atoms with E-state index in [-0.39, 0.29) is 0 Å². The first-order valence-electron chi connectivity index (χ1n) is 6.76. The highest BCUT2D eigenvalue weighted by atomic mass is 32.2. The summed E-state index contributed by atoms with van der Waals surface area (Å²) >= 11 is 2.18. The van der Waals surface area contributed by atoms with Gasteiger partial charge in [0.25, 0.3) is 0 Å². The van der Waals surface area contributed by atoms with Crippen LogP contribution in [0, 0.1) is 0 Å². The molecule has 1 saturated heterocycles. The number of hydrogen-bond acceptors (Lipinski definition) is 2. The maximum absolute atomic E-state index is 3.86. The third kappa shape index (κ3) is 2.02. The molecule has 1 aromatic rings. The van der Waals surface area contributed by atoms with Gasteiger partial charge < -0.3 is 5.32 Å². The Morgan fingerprint density at radius 1 is 1.29 bits per heavy atom. The van der Waals surface area contributed by atoms with Crippen molar-refractivity contribution in [2.24, 2.45) is 0 Å². The Labute approximate surface area is 108 Å². The Balaban J connectivity index is 1.95. The van der Waals surface area contributed by atoms with E-state index in [0.717, 1.165) is 11.2 Å². The van der Waals surface area contributed by atoms with E-state index in [2.05, 4.69) is 55.2 Å². The lowest BCUT2D eigenvalue weighted by molar-refractivity contribution is 0.383. The van der Waals surface area contributed by atoms with Crippen molar-refractivity contribution in [3.63, 3.8) is 0 Å². The predicted octanol–water partition coefficient (Wildman–Crippen LogP) is 3.72. The fraction of sp³-hybridized carbons (Fsp3) is 0.600. The summed E-state index contributed by atoms with van der Waals surface area (Å²) in [7, 11) is 0. The first-order chi connectivity index (χ1) is 8.29. The lowest BCUT2D eigenvalue weighted by atomic mass is 9.80. The molecule has 4 unspecified atom stereocenters. The van der Waals surface area contributed by atoms with E-state index in [1.165, 1.54) is 18.6 Å². The van der Waals surface area contributed by atoms with Crippen LogP contribution >= 0.6 is 11.8 Å². The van der Waals surface area contributed by atoms with Gasteiger partial charge in [-0.25, -0.2) is 0 Å². The molecule has 3 rings (SSSR count). The van der Waals surface area contributed by atoms with Crippen LogP contribution in [0.2, 0.25) is 0 Å². The van der Waals surface area contributed by atoms with E-state index in [1.54, 1.807) is 11.1 Å². The van der Waals surface area contributed by atoms with Crippen LogP contribution in [0.1, 0.15) is 49.8 Å². The van der Waals surface area contributed by atoms with Crippen molar-refractivity contribution in [2.45, 2.75) is 49.9 Å². The monoisotopic (exact) mass is 247 g/mol. The second kappa shape index (κ2) is 4.66. The summed E-state index contributed by atoms with van der Waals surface area (Å²) < 4.78 is 0. The number of fused-ring (bicyclic) bond motifs is 3. The van der Waals surface area contributed by atoms with Gasteiger partial charge in [-0.3, -0.25) is 0 Å². The standard InChI is InChI=1S/C15H21NS/c1-3-11-9-17-14-8-10(2)12-6-4-5-7-13(12)15(14)16-11/h4-7,10-11,14-16H,3,8-9H2,1-2H3. The van der Waals surface area contributed by atoms with Crippen molar-refractivity contribution in [1.82, 2.24) is 5.32 Å². The smallest absolute Gasteiger partial charge is 0.0446 e. The van der Waals surface area contributed by atoms with E-state index >= 15 is 0 Å². The molecule has 1 aliphatic heterocycles. The number of rotatable bonds is 1. The molecule has 1 fully saturated rings. The number of benzene rings is 1. The molecular weight excluding hydrogens is 226 g/mol. The van der Waals surface area contributed by atoms with Gasteiger partial charge in [0.05, 0.1) is 0 Å². The average molecular weight is 247 g/mol. The summed E-state index contributed by atoms with van der Waals surface area (Å²) in [4.78, 5) is 0. The minimum atomic E-state index is 0.589. The molecule has 2 heteroatoms. The second-order valence-corrected chi connectivity index (χ2v) is 6.66. The minimum Gasteiger partial charge on any atom is -0.305 e. The first kappa shape index (κ1) is 11.6. The third-order valence-electron chi connectivity index (χ3n) is 4.24. The summed E-state index contributed by atoms with van der Waals surface area (Å²) in [5.41, 5.74) is 3.13. The molecule has 0 radical (unpaired) electrons. The largest absolute Gasteiger partial charge is 0.305 e. The Hall–Kier alpha value is -0.470. The maximum atomic E-state index is 3.86. The van der Waals surface area contributed by atoms with Gasteiger partial charge in [0.1, 0.15) is 0 Å². The summed E-state index contributed by atoms with van der Waals surface area (Å²) in [5.74, 6) is 2.01. The van der Waals surface area contributed by atoms with E-state index in [0.29, 0.717) is 12.1 Å². The summed E-state index contributed by atoms with van der Waals surface area (Å²) in [5, 5.41) is 4.64. The van der Waals surface area contributed by atoms with E-state index in [9.17, 15) is 0 Å². The highest BCUT2D eigenvalue weighted by Gasteiger charge is 2.37. The molecular formula is C15H21NS. The lowest BCUT2D eigenvalue weighted by Crippen LogP contribution is -2.46. The average Bonchev–Trinajstić information content (AvgIpc) is 2.39. The van der Waals surface area contributed by atoms with Gasteiger partial charge in [-0.05, 0) is 29.9 Å². The Morgan fingerprint density at radius 3 is 2.82 bits per heavy atom. The van der Waals surface area contributed by atoms with Gasteiger partial charge in [-0.2, -0.15) is 11.8 Å². The van der Waals surface area contributed by atoms with Gasteiger partial charge in [0.15, 0.2) is 0 Å². The molecule has 1 aliphatic carbocycles. The second-order valence-electron chi connectivity index (χ2n) is 5.39.